The molecule has 71 heavy (non-hydrogen) atoms. The predicted molar refractivity (Wildman–Crippen MR) is 288 cm³/mol. The van der Waals surface area contributed by atoms with Gasteiger partial charge in [0.15, 0.2) is 0 Å². The van der Waals surface area contributed by atoms with E-state index < -0.39 is 0 Å². The van der Waals surface area contributed by atoms with Crippen LogP contribution >= 0.6 is 34.5 Å². The number of methoxy groups -OCH3 is 1. The second kappa shape index (κ2) is 23.4. The number of rotatable bonds is 16. The van der Waals surface area contributed by atoms with Crippen molar-refractivity contribution in [2.75, 3.05) is 97.1 Å². The fourth-order valence-corrected chi connectivity index (χ4v) is 12.3. The van der Waals surface area contributed by atoms with Crippen molar-refractivity contribution in [2.24, 2.45) is 5.92 Å². The van der Waals surface area contributed by atoms with E-state index in [-0.39, 0.29) is 29.9 Å². The number of carbonyl (C=O) groups is 2. The topological polar surface area (TPSA) is 119 Å². The van der Waals surface area contributed by atoms with Gasteiger partial charge in [-0.2, -0.15) is 0 Å². The molecule has 378 valence electrons. The summed E-state index contributed by atoms with van der Waals surface area (Å²) in [5.74, 6) is 3.00. The normalized spacial score (nSPS) is 19.7. The van der Waals surface area contributed by atoms with Gasteiger partial charge >= 0.3 is 0 Å². The second-order valence-electron chi connectivity index (χ2n) is 19.9. The van der Waals surface area contributed by atoms with Crippen molar-refractivity contribution in [3.8, 4) is 16.9 Å². The van der Waals surface area contributed by atoms with Crippen molar-refractivity contribution in [3.63, 3.8) is 0 Å². The Morgan fingerprint density at radius 1 is 0.930 bits per heavy atom. The molecule has 9 rings (SSSR count). The standard InChI is InChI=1S/C55H69Cl2N9O4S/c1-36(51-30-42(34-71-51)52-41(33-62(3)4)9-6-10-47(52)57)59-53-45-31-44(50(69-5)32-48(45)60-37(2)61-53)38-11-13-39(14-12-38)54(67)65-26-24-63(25-27-65)20-8-28-70-43-17-22-64(23-18-43)55(68)40-15-16-46(56)49(29-40)66-21-7-19-58-35-66/h6-7,9-10,15-16,21,29-32,34,36,38-39,43,58H,8,11-14,17-20,22-28,33,35H2,1-5H3,(H,59,60,61)/t36-,38?,39?/m1/s1. The van der Waals surface area contributed by atoms with E-state index in [1.54, 1.807) is 18.4 Å². The van der Waals surface area contributed by atoms with Gasteiger partial charge in [0.25, 0.3) is 5.91 Å². The van der Waals surface area contributed by atoms with E-state index in [0.717, 1.165) is 141 Å². The van der Waals surface area contributed by atoms with Gasteiger partial charge in [-0.15, -0.1) is 11.3 Å². The maximum atomic E-state index is 13.9. The number of carbonyl (C=O) groups excluding carboxylic acids is 2. The first kappa shape index (κ1) is 51.1. The molecule has 0 unspecified atom stereocenters. The Balaban J connectivity index is 0.724. The number of nitrogens with one attached hydrogen (secondary N) is 2. The number of halogens is 2. The summed E-state index contributed by atoms with van der Waals surface area (Å²) in [5.41, 5.74) is 6.90. The number of piperidine rings is 1. The third-order valence-corrected chi connectivity index (χ3v) is 16.4. The molecule has 0 bridgehead atoms. The summed E-state index contributed by atoms with van der Waals surface area (Å²) in [5, 5.41) is 11.6. The minimum atomic E-state index is -0.00821. The lowest BCUT2D eigenvalue weighted by Crippen LogP contribution is -2.50. The molecule has 0 radical (unpaired) electrons. The minimum Gasteiger partial charge on any atom is -0.496 e. The molecule has 3 fully saturated rings. The number of fused-ring (bicyclic) bond motifs is 1. The largest absolute Gasteiger partial charge is 0.496 e. The second-order valence-corrected chi connectivity index (χ2v) is 21.7. The van der Waals surface area contributed by atoms with Crippen LogP contribution < -0.4 is 20.3 Å². The lowest BCUT2D eigenvalue weighted by atomic mass is 9.77. The molecule has 3 aromatic carbocycles. The molecule has 2 N–H and O–H groups in total. The summed E-state index contributed by atoms with van der Waals surface area (Å²) in [6.07, 6.45) is 10.4. The molecular formula is C55H69Cl2N9O4S. The Morgan fingerprint density at radius 3 is 2.45 bits per heavy atom. The van der Waals surface area contributed by atoms with Gasteiger partial charge in [-0.05, 0) is 137 Å². The molecule has 16 heteroatoms. The van der Waals surface area contributed by atoms with Crippen LogP contribution in [0.2, 0.25) is 10.0 Å². The number of amides is 2. The molecule has 13 nitrogen and oxygen atoms in total. The van der Waals surface area contributed by atoms with Crippen LogP contribution in [-0.2, 0) is 16.1 Å². The highest BCUT2D eigenvalue weighted by molar-refractivity contribution is 7.10. The number of thiophene rings is 1. The number of ether oxygens (including phenoxy) is 2. The van der Waals surface area contributed by atoms with E-state index in [2.05, 4.69) is 76.0 Å². The average molecular weight is 1020 g/mol. The maximum absolute atomic E-state index is 13.9. The third kappa shape index (κ3) is 12.2. The molecule has 1 saturated carbocycles. The summed E-state index contributed by atoms with van der Waals surface area (Å²) in [7, 11) is 5.88. The average Bonchev–Trinajstić information content (AvgIpc) is 3.88. The molecule has 5 aromatic rings. The van der Waals surface area contributed by atoms with Gasteiger partial charge in [0.2, 0.25) is 5.91 Å². The van der Waals surface area contributed by atoms with Crippen molar-refractivity contribution in [1.82, 2.24) is 34.9 Å². The first-order chi connectivity index (χ1) is 34.4. The van der Waals surface area contributed by atoms with E-state index >= 15 is 0 Å². The molecule has 2 amide bonds. The molecule has 0 spiro atoms. The zero-order valence-corrected chi connectivity index (χ0v) is 44.2. The molecule has 2 aromatic heterocycles. The van der Waals surface area contributed by atoms with Gasteiger partial charge in [0.05, 0.1) is 42.2 Å². The van der Waals surface area contributed by atoms with Crippen LogP contribution in [0.4, 0.5) is 11.5 Å². The number of likely N-dealkylation sites (tertiary alicyclic amines) is 1. The van der Waals surface area contributed by atoms with Gasteiger partial charge in [-0.1, -0.05) is 41.4 Å². The fraction of sp³-hybridized carbons (Fsp3) is 0.491. The van der Waals surface area contributed by atoms with Gasteiger partial charge < -0.3 is 34.4 Å². The molecular weight excluding hydrogens is 954 g/mol. The number of aryl methyl sites for hydroxylation is 1. The van der Waals surface area contributed by atoms with Crippen LogP contribution in [0.5, 0.6) is 5.75 Å². The number of piperazine rings is 1. The van der Waals surface area contributed by atoms with E-state index in [4.69, 9.17) is 42.6 Å². The van der Waals surface area contributed by atoms with Crippen LogP contribution in [0, 0.1) is 12.8 Å². The summed E-state index contributed by atoms with van der Waals surface area (Å²) in [6.45, 7) is 12.7. The Bertz CT molecular complexity index is 2690. The van der Waals surface area contributed by atoms with E-state index in [1.807, 2.05) is 59.3 Å². The van der Waals surface area contributed by atoms with Gasteiger partial charge in [0, 0.05) is 110 Å². The van der Waals surface area contributed by atoms with E-state index in [1.165, 1.54) is 10.4 Å². The Hall–Kier alpha value is -4.80. The molecule has 3 aliphatic heterocycles. The Kier molecular flexibility index (Phi) is 16.8. The van der Waals surface area contributed by atoms with E-state index in [9.17, 15) is 9.59 Å². The quantitative estimate of drug-likeness (QED) is 0.0920. The van der Waals surface area contributed by atoms with Crippen molar-refractivity contribution < 1.29 is 19.1 Å². The number of benzene rings is 3. The van der Waals surface area contributed by atoms with Crippen LogP contribution in [0.15, 0.2) is 72.3 Å². The van der Waals surface area contributed by atoms with Crippen LogP contribution in [0.1, 0.15) is 96.0 Å². The SMILES string of the molecule is COc1cc2nc(C)nc(N[C@H](C)c3cc(-c4c(Cl)cccc4CN(C)C)cs3)c2cc1C1CCC(C(=O)N2CCN(CCCOC3CCN(C(=O)c4ccc(Cl)c(N5C=CCNC5)c4)CC3)CC2)CC1. The number of hydrogen-bond donors (Lipinski definition) is 2. The predicted octanol–water partition coefficient (Wildman–Crippen LogP) is 10.2. The first-order valence-corrected chi connectivity index (χ1v) is 27.0. The van der Waals surface area contributed by atoms with Crippen molar-refractivity contribution in [1.29, 1.82) is 0 Å². The van der Waals surface area contributed by atoms with Crippen molar-refractivity contribution in [3.05, 3.63) is 110 Å². The Morgan fingerprint density at radius 2 is 1.72 bits per heavy atom. The molecule has 4 aliphatic rings. The number of aromatic nitrogens is 2. The maximum Gasteiger partial charge on any atom is 0.253 e. The highest BCUT2D eigenvalue weighted by Gasteiger charge is 2.33. The summed E-state index contributed by atoms with van der Waals surface area (Å²) in [6, 6.07) is 18.2. The minimum absolute atomic E-state index is 0.00821. The molecule has 1 atom stereocenters. The number of nitrogens with zero attached hydrogens (tertiary/aromatic N) is 7. The van der Waals surface area contributed by atoms with Crippen molar-refractivity contribution in [2.45, 2.75) is 83.4 Å². The summed E-state index contributed by atoms with van der Waals surface area (Å²) < 4.78 is 12.3. The molecule has 5 heterocycles. The van der Waals surface area contributed by atoms with Gasteiger partial charge in [0.1, 0.15) is 17.4 Å². The summed E-state index contributed by atoms with van der Waals surface area (Å²) in [4.78, 5) is 49.0. The zero-order chi connectivity index (χ0) is 49.6. The highest BCUT2D eigenvalue weighted by atomic mass is 35.5. The lowest BCUT2D eigenvalue weighted by Gasteiger charge is -2.38. The van der Waals surface area contributed by atoms with Crippen molar-refractivity contribution >= 4 is 68.8 Å². The molecule has 1 aliphatic carbocycles. The van der Waals surface area contributed by atoms with Gasteiger partial charge in [-0.3, -0.25) is 19.8 Å². The monoisotopic (exact) mass is 1020 g/mol. The summed E-state index contributed by atoms with van der Waals surface area (Å²) >= 11 is 15.0. The number of hydrogen-bond acceptors (Lipinski definition) is 12. The fourth-order valence-electron chi connectivity index (χ4n) is 10.8. The van der Waals surface area contributed by atoms with Crippen LogP contribution in [-0.4, -0.2) is 134 Å². The first-order valence-electron chi connectivity index (χ1n) is 25.4. The smallest absolute Gasteiger partial charge is 0.253 e. The van der Waals surface area contributed by atoms with E-state index in [0.29, 0.717) is 48.7 Å². The molecule has 2 saturated heterocycles. The zero-order valence-electron chi connectivity index (χ0n) is 41.9. The van der Waals surface area contributed by atoms with Crippen LogP contribution in [0.25, 0.3) is 22.0 Å². The van der Waals surface area contributed by atoms with Crippen LogP contribution in [0.3, 0.4) is 0 Å². The highest BCUT2D eigenvalue weighted by Crippen LogP contribution is 2.43. The Labute approximate surface area is 433 Å². The van der Waals surface area contributed by atoms with Gasteiger partial charge in [-0.25, -0.2) is 9.97 Å². The lowest BCUT2D eigenvalue weighted by molar-refractivity contribution is -0.138. The third-order valence-electron chi connectivity index (χ3n) is 14.7. The number of anilines is 2.